The first kappa shape index (κ1) is 18.6. The van der Waals surface area contributed by atoms with Crippen LogP contribution in [0, 0.1) is 0 Å². The Bertz CT molecular complexity index is 557. The van der Waals surface area contributed by atoms with Gasteiger partial charge in [0.2, 0.25) is 10.0 Å². The number of unbranched alkanes of at least 4 members (excludes halogenated alkanes) is 1. The average molecular weight is 327 g/mol. The molecule has 0 heterocycles. The van der Waals surface area contributed by atoms with Gasteiger partial charge in [-0.25, -0.2) is 8.42 Å². The van der Waals surface area contributed by atoms with Gasteiger partial charge in [0.1, 0.15) is 0 Å². The summed E-state index contributed by atoms with van der Waals surface area (Å²) >= 11 is 0. The van der Waals surface area contributed by atoms with E-state index < -0.39 is 16.0 Å². The van der Waals surface area contributed by atoms with Gasteiger partial charge in [-0.15, -0.1) is 0 Å². The van der Waals surface area contributed by atoms with Gasteiger partial charge in [0.05, 0.1) is 6.26 Å². The fraction of sp³-hybridized carbons (Fsp3) is 0.562. The topological polar surface area (TPSA) is 74.7 Å². The zero-order chi connectivity index (χ0) is 16.6. The van der Waals surface area contributed by atoms with E-state index in [0.29, 0.717) is 32.2 Å². The summed E-state index contributed by atoms with van der Waals surface area (Å²) in [7, 11) is -3.31. The van der Waals surface area contributed by atoms with Crippen molar-refractivity contribution in [2.75, 3.05) is 6.26 Å². The summed E-state index contributed by atoms with van der Waals surface area (Å²) in [6.07, 6.45) is 4.06. The summed E-state index contributed by atoms with van der Waals surface area (Å²) in [5.74, 6) is -0.808. The number of rotatable bonds is 10. The first-order valence-corrected chi connectivity index (χ1v) is 9.42. The van der Waals surface area contributed by atoms with E-state index in [4.69, 9.17) is 5.11 Å². The van der Waals surface area contributed by atoms with Crippen LogP contribution in [0.25, 0.3) is 0 Å². The molecule has 0 saturated heterocycles. The summed E-state index contributed by atoms with van der Waals surface area (Å²) in [4.78, 5) is 10.5. The molecule has 0 amide bonds. The Kier molecular flexibility index (Phi) is 7.55. The number of hydrogen-bond donors (Lipinski definition) is 1. The van der Waals surface area contributed by atoms with E-state index in [0.717, 1.165) is 5.56 Å². The Morgan fingerprint density at radius 3 is 2.36 bits per heavy atom. The predicted octanol–water partition coefficient (Wildman–Crippen LogP) is 2.87. The number of carboxylic acid groups (broad SMARTS) is 1. The molecule has 6 heteroatoms. The number of benzene rings is 1. The van der Waals surface area contributed by atoms with Crippen molar-refractivity contribution in [3.8, 4) is 0 Å². The van der Waals surface area contributed by atoms with E-state index in [1.807, 2.05) is 37.3 Å². The van der Waals surface area contributed by atoms with Crippen LogP contribution in [-0.4, -0.2) is 36.1 Å². The number of carboxylic acids is 1. The Hall–Kier alpha value is -1.40. The van der Waals surface area contributed by atoms with Crippen LogP contribution in [0.2, 0.25) is 0 Å². The number of aliphatic carboxylic acids is 1. The Labute approximate surface area is 133 Å². The second-order valence-electron chi connectivity index (χ2n) is 5.50. The standard InChI is InChI=1S/C16H25NO4S/c1-3-15(11-7-8-12-16(18)19)17(22(2,20)21)13-14-9-5-4-6-10-14/h4-6,9-10,15H,3,7-8,11-13H2,1-2H3,(H,18,19). The number of carbonyl (C=O) groups is 1. The van der Waals surface area contributed by atoms with E-state index in [9.17, 15) is 13.2 Å². The molecule has 0 radical (unpaired) electrons. The van der Waals surface area contributed by atoms with Crippen molar-refractivity contribution in [2.24, 2.45) is 0 Å². The van der Waals surface area contributed by atoms with Gasteiger partial charge in [-0.05, 0) is 24.8 Å². The third-order valence-corrected chi connectivity index (χ3v) is 4.94. The number of sulfonamides is 1. The van der Waals surface area contributed by atoms with E-state index >= 15 is 0 Å². The predicted molar refractivity (Wildman–Crippen MR) is 87.0 cm³/mol. The Balaban J connectivity index is 2.74. The van der Waals surface area contributed by atoms with Crippen molar-refractivity contribution in [3.05, 3.63) is 35.9 Å². The van der Waals surface area contributed by atoms with E-state index in [1.165, 1.54) is 10.6 Å². The minimum Gasteiger partial charge on any atom is -0.481 e. The van der Waals surface area contributed by atoms with Crippen LogP contribution >= 0.6 is 0 Å². The van der Waals surface area contributed by atoms with Gasteiger partial charge in [0.25, 0.3) is 0 Å². The zero-order valence-electron chi connectivity index (χ0n) is 13.2. The molecule has 1 aromatic rings. The lowest BCUT2D eigenvalue weighted by atomic mass is 10.1. The third-order valence-electron chi connectivity index (χ3n) is 3.66. The molecule has 1 unspecified atom stereocenters. The Morgan fingerprint density at radius 1 is 1.23 bits per heavy atom. The van der Waals surface area contributed by atoms with E-state index in [1.54, 1.807) is 0 Å². The quantitative estimate of drug-likeness (QED) is 0.671. The lowest BCUT2D eigenvalue weighted by Gasteiger charge is -2.29. The van der Waals surface area contributed by atoms with Gasteiger partial charge in [-0.3, -0.25) is 4.79 Å². The summed E-state index contributed by atoms with van der Waals surface area (Å²) in [6.45, 7) is 2.32. The molecule has 0 spiro atoms. The maximum atomic E-state index is 12.1. The molecule has 0 aromatic heterocycles. The van der Waals surface area contributed by atoms with Gasteiger partial charge in [-0.1, -0.05) is 43.7 Å². The highest BCUT2D eigenvalue weighted by Gasteiger charge is 2.25. The van der Waals surface area contributed by atoms with Crippen molar-refractivity contribution in [2.45, 2.75) is 51.6 Å². The highest BCUT2D eigenvalue weighted by Crippen LogP contribution is 2.19. The summed E-state index contributed by atoms with van der Waals surface area (Å²) in [6, 6.07) is 9.42. The minimum absolute atomic E-state index is 0.0935. The van der Waals surface area contributed by atoms with Crippen LogP contribution in [0.5, 0.6) is 0 Å². The molecule has 22 heavy (non-hydrogen) atoms. The molecule has 1 N–H and O–H groups in total. The molecule has 0 bridgehead atoms. The van der Waals surface area contributed by atoms with Crippen LogP contribution in [0.3, 0.4) is 0 Å². The largest absolute Gasteiger partial charge is 0.481 e. The molecule has 1 rings (SSSR count). The third kappa shape index (κ3) is 6.58. The van der Waals surface area contributed by atoms with Crippen LogP contribution < -0.4 is 0 Å². The monoisotopic (exact) mass is 327 g/mol. The van der Waals surface area contributed by atoms with Gasteiger partial charge in [0.15, 0.2) is 0 Å². The normalized spacial score (nSPS) is 13.2. The second kappa shape index (κ2) is 8.90. The highest BCUT2D eigenvalue weighted by atomic mass is 32.2. The van der Waals surface area contributed by atoms with Gasteiger partial charge in [-0.2, -0.15) is 4.31 Å². The molecule has 0 aliphatic rings. The first-order chi connectivity index (χ1) is 10.3. The summed E-state index contributed by atoms with van der Waals surface area (Å²) in [5.41, 5.74) is 0.955. The van der Waals surface area contributed by atoms with Crippen LogP contribution in [0.4, 0.5) is 0 Å². The highest BCUT2D eigenvalue weighted by molar-refractivity contribution is 7.88. The molecule has 5 nitrogen and oxygen atoms in total. The molecule has 1 aromatic carbocycles. The summed E-state index contributed by atoms with van der Waals surface area (Å²) < 4.78 is 25.7. The fourth-order valence-corrected chi connectivity index (χ4v) is 3.67. The first-order valence-electron chi connectivity index (χ1n) is 7.57. The lowest BCUT2D eigenvalue weighted by molar-refractivity contribution is -0.137. The lowest BCUT2D eigenvalue weighted by Crippen LogP contribution is -2.38. The summed E-state index contributed by atoms with van der Waals surface area (Å²) in [5, 5.41) is 8.66. The van der Waals surface area contributed by atoms with Crippen LogP contribution in [-0.2, 0) is 21.4 Å². The van der Waals surface area contributed by atoms with Crippen LogP contribution in [0.15, 0.2) is 30.3 Å². The molecular weight excluding hydrogens is 302 g/mol. The maximum absolute atomic E-state index is 12.1. The molecule has 0 aliphatic heterocycles. The minimum atomic E-state index is -3.31. The van der Waals surface area contributed by atoms with Crippen LogP contribution in [0.1, 0.15) is 44.6 Å². The molecule has 0 aliphatic carbocycles. The zero-order valence-corrected chi connectivity index (χ0v) is 14.1. The molecule has 0 saturated carbocycles. The van der Waals surface area contributed by atoms with Crippen molar-refractivity contribution >= 4 is 16.0 Å². The van der Waals surface area contributed by atoms with Crippen molar-refractivity contribution < 1.29 is 18.3 Å². The Morgan fingerprint density at radius 2 is 1.86 bits per heavy atom. The fourth-order valence-electron chi connectivity index (χ4n) is 2.49. The molecule has 124 valence electrons. The molecule has 1 atom stereocenters. The second-order valence-corrected chi connectivity index (χ2v) is 7.43. The average Bonchev–Trinajstić information content (AvgIpc) is 2.45. The number of hydrogen-bond acceptors (Lipinski definition) is 3. The molecule has 0 fully saturated rings. The number of nitrogens with zero attached hydrogens (tertiary/aromatic N) is 1. The van der Waals surface area contributed by atoms with E-state index in [2.05, 4.69) is 0 Å². The van der Waals surface area contributed by atoms with Gasteiger partial charge < -0.3 is 5.11 Å². The smallest absolute Gasteiger partial charge is 0.303 e. The van der Waals surface area contributed by atoms with Crippen molar-refractivity contribution in [1.82, 2.24) is 4.31 Å². The van der Waals surface area contributed by atoms with Gasteiger partial charge in [0, 0.05) is 19.0 Å². The van der Waals surface area contributed by atoms with Crippen molar-refractivity contribution in [3.63, 3.8) is 0 Å². The van der Waals surface area contributed by atoms with Gasteiger partial charge >= 0.3 is 5.97 Å². The SMILES string of the molecule is CCC(CCCCC(=O)O)N(Cc1ccccc1)S(C)(=O)=O. The van der Waals surface area contributed by atoms with E-state index in [-0.39, 0.29) is 12.5 Å². The molecular formula is C16H25NO4S. The maximum Gasteiger partial charge on any atom is 0.303 e. The van der Waals surface area contributed by atoms with Crippen molar-refractivity contribution in [1.29, 1.82) is 0 Å².